The molecule has 0 spiro atoms. The minimum absolute atomic E-state index is 0.234. The first-order chi connectivity index (χ1) is 4.52. The Hall–Kier alpha value is -1.39. The van der Waals surface area contributed by atoms with Gasteiger partial charge in [0.05, 0.1) is 0 Å². The molecule has 0 atom stereocenters. The van der Waals surface area contributed by atoms with Crippen LogP contribution in [-0.4, -0.2) is 22.5 Å². The monoisotopic (exact) mass is 145 g/mol. The van der Waals surface area contributed by atoms with Gasteiger partial charge in [0.15, 0.2) is 0 Å². The summed E-state index contributed by atoms with van der Waals surface area (Å²) in [5.41, 5.74) is 0.234. The maximum absolute atomic E-state index is 9.89. The fourth-order valence-electron chi connectivity index (χ4n) is 0.460. The fourth-order valence-corrected chi connectivity index (χ4v) is 0.460. The molecule has 0 heterocycles. The zero-order valence-corrected chi connectivity index (χ0v) is 5.40. The van der Waals surface area contributed by atoms with Crippen LogP contribution in [0.1, 0.15) is 6.92 Å². The van der Waals surface area contributed by atoms with Gasteiger partial charge in [-0.2, -0.15) is 0 Å². The van der Waals surface area contributed by atoms with Gasteiger partial charge in [-0.05, 0) is 6.92 Å². The van der Waals surface area contributed by atoms with Gasteiger partial charge in [-0.15, -0.1) is 0 Å². The van der Waals surface area contributed by atoms with Crippen molar-refractivity contribution in [3.05, 3.63) is 21.8 Å². The van der Waals surface area contributed by atoms with E-state index in [0.29, 0.717) is 0 Å². The van der Waals surface area contributed by atoms with Crippen LogP contribution in [0.5, 0.6) is 0 Å². The van der Waals surface area contributed by atoms with E-state index in [1.165, 1.54) is 6.92 Å². The second-order valence-electron chi connectivity index (χ2n) is 1.82. The molecule has 0 aliphatic heterocycles. The number of rotatable bonds is 3. The van der Waals surface area contributed by atoms with E-state index in [9.17, 15) is 14.9 Å². The maximum Gasteiger partial charge on any atom is 0.328 e. The van der Waals surface area contributed by atoms with Crippen molar-refractivity contribution in [1.29, 1.82) is 0 Å². The summed E-state index contributed by atoms with van der Waals surface area (Å²) in [5.74, 6) is -1.15. The van der Waals surface area contributed by atoms with E-state index in [1.807, 2.05) is 0 Å². The van der Waals surface area contributed by atoms with Gasteiger partial charge in [0.25, 0.3) is 0 Å². The Balaban J connectivity index is 3.95. The van der Waals surface area contributed by atoms with Crippen molar-refractivity contribution < 1.29 is 14.8 Å². The zero-order valence-electron chi connectivity index (χ0n) is 5.40. The Morgan fingerprint density at radius 3 is 2.60 bits per heavy atom. The van der Waals surface area contributed by atoms with Gasteiger partial charge in [0, 0.05) is 16.6 Å². The molecular weight excluding hydrogens is 138 g/mol. The molecule has 0 saturated heterocycles. The number of hydrogen-bond donors (Lipinski definition) is 1. The minimum atomic E-state index is -1.15. The third-order valence-electron chi connectivity index (χ3n) is 0.748. The largest absolute Gasteiger partial charge is 0.478 e. The molecule has 5 heteroatoms. The first kappa shape index (κ1) is 8.61. The maximum atomic E-state index is 9.89. The first-order valence-electron chi connectivity index (χ1n) is 2.54. The van der Waals surface area contributed by atoms with Crippen LogP contribution in [0.2, 0.25) is 0 Å². The Bertz CT molecular complexity index is 184. The molecule has 0 aromatic heterocycles. The van der Waals surface area contributed by atoms with Gasteiger partial charge >= 0.3 is 5.97 Å². The van der Waals surface area contributed by atoms with Crippen molar-refractivity contribution in [2.75, 3.05) is 6.54 Å². The van der Waals surface area contributed by atoms with Crippen molar-refractivity contribution in [3.63, 3.8) is 0 Å². The van der Waals surface area contributed by atoms with Gasteiger partial charge in [-0.25, -0.2) is 4.79 Å². The summed E-state index contributed by atoms with van der Waals surface area (Å²) in [6.07, 6.45) is 0.822. The highest BCUT2D eigenvalue weighted by molar-refractivity contribution is 5.80. The number of carboxylic acid groups (broad SMARTS) is 1. The lowest BCUT2D eigenvalue weighted by Gasteiger charge is -1.89. The molecule has 0 rings (SSSR count). The lowest BCUT2D eigenvalue weighted by atomic mass is 10.3. The SMILES string of the molecule is CC(=CC(=O)O)C[N+](=O)[O-]. The van der Waals surface area contributed by atoms with Crippen LogP contribution in [0.3, 0.4) is 0 Å². The minimum Gasteiger partial charge on any atom is -0.478 e. The van der Waals surface area contributed by atoms with E-state index < -0.39 is 17.4 Å². The predicted molar refractivity (Wildman–Crippen MR) is 33.3 cm³/mol. The van der Waals surface area contributed by atoms with Crippen LogP contribution in [0.4, 0.5) is 0 Å². The van der Waals surface area contributed by atoms with Crippen molar-refractivity contribution in [2.45, 2.75) is 6.92 Å². The highest BCUT2D eigenvalue weighted by atomic mass is 16.6. The van der Waals surface area contributed by atoms with Gasteiger partial charge < -0.3 is 5.11 Å². The fraction of sp³-hybridized carbons (Fsp3) is 0.400. The van der Waals surface area contributed by atoms with Crippen molar-refractivity contribution >= 4 is 5.97 Å². The van der Waals surface area contributed by atoms with E-state index in [4.69, 9.17) is 5.11 Å². The normalized spacial score (nSPS) is 11.1. The molecule has 0 aliphatic carbocycles. The third kappa shape index (κ3) is 4.76. The summed E-state index contributed by atoms with van der Waals surface area (Å²) < 4.78 is 0. The van der Waals surface area contributed by atoms with E-state index >= 15 is 0 Å². The number of aliphatic carboxylic acids is 1. The Kier molecular flexibility index (Phi) is 3.10. The van der Waals surface area contributed by atoms with Crippen molar-refractivity contribution in [2.24, 2.45) is 0 Å². The second kappa shape index (κ2) is 3.60. The van der Waals surface area contributed by atoms with E-state index in [2.05, 4.69) is 0 Å². The second-order valence-corrected chi connectivity index (χ2v) is 1.82. The van der Waals surface area contributed by atoms with Crippen LogP contribution < -0.4 is 0 Å². The Morgan fingerprint density at radius 1 is 1.80 bits per heavy atom. The zero-order chi connectivity index (χ0) is 8.15. The van der Waals surface area contributed by atoms with Crippen LogP contribution in [0.25, 0.3) is 0 Å². The number of nitro groups is 1. The molecule has 0 amide bonds. The third-order valence-corrected chi connectivity index (χ3v) is 0.748. The molecule has 0 fully saturated rings. The lowest BCUT2D eigenvalue weighted by molar-refractivity contribution is -0.470. The molecule has 0 aliphatic rings. The van der Waals surface area contributed by atoms with E-state index in [0.717, 1.165) is 6.08 Å². The molecule has 1 N–H and O–H groups in total. The standard InChI is InChI=1S/C5H7NO4/c1-4(2-5(7)8)3-6(9)10/h2H,3H2,1H3,(H,7,8). The molecule has 56 valence electrons. The summed E-state index contributed by atoms with van der Waals surface area (Å²) in [7, 11) is 0. The Labute approximate surface area is 57.1 Å². The topological polar surface area (TPSA) is 80.4 Å². The highest BCUT2D eigenvalue weighted by Gasteiger charge is 2.00. The summed E-state index contributed by atoms with van der Waals surface area (Å²) in [4.78, 5) is 19.1. The van der Waals surface area contributed by atoms with E-state index in [-0.39, 0.29) is 5.57 Å². The summed E-state index contributed by atoms with van der Waals surface area (Å²) >= 11 is 0. The van der Waals surface area contributed by atoms with Crippen LogP contribution >= 0.6 is 0 Å². The van der Waals surface area contributed by atoms with Crippen molar-refractivity contribution in [3.8, 4) is 0 Å². The van der Waals surface area contributed by atoms with Gasteiger partial charge in [-0.1, -0.05) is 0 Å². The number of nitrogens with zero attached hydrogens (tertiary/aromatic N) is 1. The summed E-state index contributed by atoms with van der Waals surface area (Å²) in [6, 6.07) is 0. The molecule has 0 unspecified atom stereocenters. The van der Waals surface area contributed by atoms with Crippen molar-refractivity contribution in [1.82, 2.24) is 0 Å². The quantitative estimate of drug-likeness (QED) is 0.351. The number of carboxylic acids is 1. The number of hydrogen-bond acceptors (Lipinski definition) is 3. The molecule has 5 nitrogen and oxygen atoms in total. The van der Waals surface area contributed by atoms with Gasteiger partial charge in [0.1, 0.15) is 0 Å². The molecule has 10 heavy (non-hydrogen) atoms. The average Bonchev–Trinajstić information content (AvgIpc) is 1.58. The highest BCUT2D eigenvalue weighted by Crippen LogP contribution is 1.91. The smallest absolute Gasteiger partial charge is 0.328 e. The predicted octanol–water partition coefficient (Wildman–Crippen LogP) is 0.294. The molecule has 0 saturated carbocycles. The molecule has 0 aromatic rings. The van der Waals surface area contributed by atoms with Crippen LogP contribution in [0, 0.1) is 10.1 Å². The first-order valence-corrected chi connectivity index (χ1v) is 2.54. The average molecular weight is 145 g/mol. The van der Waals surface area contributed by atoms with Gasteiger partial charge in [-0.3, -0.25) is 10.1 Å². The van der Waals surface area contributed by atoms with Crippen LogP contribution in [-0.2, 0) is 4.79 Å². The molecule has 0 bridgehead atoms. The molecular formula is C5H7NO4. The van der Waals surface area contributed by atoms with E-state index in [1.54, 1.807) is 0 Å². The van der Waals surface area contributed by atoms with Crippen LogP contribution in [0.15, 0.2) is 11.6 Å². The molecule has 0 aromatic carbocycles. The summed E-state index contributed by atoms with van der Waals surface area (Å²) in [5, 5.41) is 17.9. The number of carbonyl (C=O) groups is 1. The Morgan fingerprint density at radius 2 is 2.30 bits per heavy atom. The van der Waals surface area contributed by atoms with Gasteiger partial charge in [0.2, 0.25) is 6.54 Å². The molecule has 0 radical (unpaired) electrons. The summed E-state index contributed by atoms with van der Waals surface area (Å²) in [6.45, 7) is 0.989. The lowest BCUT2D eigenvalue weighted by Crippen LogP contribution is -2.03.